The minimum Gasteiger partial charge on any atom is -0.460 e. The maximum absolute atomic E-state index is 13.2. The average Bonchev–Trinajstić information content (AvgIpc) is 2.92. The number of carbonyl (C=O) groups is 1. The summed E-state index contributed by atoms with van der Waals surface area (Å²) < 4.78 is 33.1. The smallest absolute Gasteiger partial charge is 0.320 e. The first-order chi connectivity index (χ1) is 14.3. The van der Waals surface area contributed by atoms with Crippen LogP contribution in [-0.4, -0.2) is 56.3 Å². The van der Waals surface area contributed by atoms with Gasteiger partial charge in [0.15, 0.2) is 0 Å². The lowest BCUT2D eigenvalue weighted by Gasteiger charge is -2.22. The molecule has 0 radical (unpaired) electrons. The fourth-order valence-electron chi connectivity index (χ4n) is 3.46. The van der Waals surface area contributed by atoms with E-state index in [-0.39, 0.29) is 35.6 Å². The van der Waals surface area contributed by atoms with Gasteiger partial charge in [-0.25, -0.2) is 8.42 Å². The zero-order chi connectivity index (χ0) is 21.7. The molecule has 1 aliphatic heterocycles. The van der Waals surface area contributed by atoms with Crippen LogP contribution < -0.4 is 0 Å². The van der Waals surface area contributed by atoms with E-state index < -0.39 is 10.0 Å². The predicted molar refractivity (Wildman–Crippen MR) is 117 cm³/mol. The van der Waals surface area contributed by atoms with Crippen molar-refractivity contribution in [2.45, 2.75) is 24.8 Å². The maximum Gasteiger partial charge on any atom is 0.320 e. The molecular formula is C21H24Cl2N2O4S. The molecule has 1 fully saturated rings. The Morgan fingerprint density at radius 3 is 2.50 bits per heavy atom. The van der Waals surface area contributed by atoms with Crippen molar-refractivity contribution in [3.8, 4) is 0 Å². The Morgan fingerprint density at radius 2 is 1.80 bits per heavy atom. The largest absolute Gasteiger partial charge is 0.460 e. The Labute approximate surface area is 187 Å². The molecular weight excluding hydrogens is 447 g/mol. The standard InChI is InChI=1S/C21H24Cl2N2O4S/c1-16-12-18(22)13-19(23)21(16)30(27,28)25-9-5-8-24(10-11-25)14-20(26)29-15-17-6-3-2-4-7-17/h2-4,6-7,12-13H,5,8-11,14-15H2,1H3. The van der Waals surface area contributed by atoms with Gasteiger partial charge in [-0.3, -0.25) is 9.69 Å². The summed E-state index contributed by atoms with van der Waals surface area (Å²) in [6, 6.07) is 12.5. The molecule has 0 saturated carbocycles. The molecule has 1 heterocycles. The summed E-state index contributed by atoms with van der Waals surface area (Å²) >= 11 is 12.2. The monoisotopic (exact) mass is 470 g/mol. The van der Waals surface area contributed by atoms with Crippen LogP contribution in [0.1, 0.15) is 17.5 Å². The lowest BCUT2D eigenvalue weighted by molar-refractivity contribution is -0.146. The fraction of sp³-hybridized carbons (Fsp3) is 0.381. The third-order valence-electron chi connectivity index (χ3n) is 4.93. The van der Waals surface area contributed by atoms with Gasteiger partial charge in [0.25, 0.3) is 0 Å². The molecule has 2 aromatic rings. The molecule has 0 N–H and O–H groups in total. The normalized spacial score (nSPS) is 16.2. The van der Waals surface area contributed by atoms with E-state index in [2.05, 4.69) is 0 Å². The molecule has 1 saturated heterocycles. The first kappa shape index (κ1) is 23.0. The molecule has 9 heteroatoms. The van der Waals surface area contributed by atoms with Crippen molar-refractivity contribution in [1.82, 2.24) is 9.21 Å². The highest BCUT2D eigenvalue weighted by Crippen LogP contribution is 2.31. The number of carbonyl (C=O) groups excluding carboxylic acids is 1. The molecule has 6 nitrogen and oxygen atoms in total. The van der Waals surface area contributed by atoms with Crippen LogP contribution in [0.2, 0.25) is 10.0 Å². The van der Waals surface area contributed by atoms with E-state index in [0.29, 0.717) is 36.6 Å². The SMILES string of the molecule is Cc1cc(Cl)cc(Cl)c1S(=O)(=O)N1CCCN(CC(=O)OCc2ccccc2)CC1. The van der Waals surface area contributed by atoms with Crippen molar-refractivity contribution in [2.24, 2.45) is 0 Å². The molecule has 0 aliphatic carbocycles. The minimum atomic E-state index is -3.76. The van der Waals surface area contributed by atoms with Crippen LogP contribution in [0.5, 0.6) is 0 Å². The summed E-state index contributed by atoms with van der Waals surface area (Å²) in [7, 11) is -3.76. The van der Waals surface area contributed by atoms with E-state index in [1.54, 1.807) is 13.0 Å². The number of hydrogen-bond acceptors (Lipinski definition) is 5. The van der Waals surface area contributed by atoms with E-state index in [0.717, 1.165) is 5.56 Å². The summed E-state index contributed by atoms with van der Waals surface area (Å²) in [5, 5.41) is 0.512. The van der Waals surface area contributed by atoms with Crippen molar-refractivity contribution >= 4 is 39.2 Å². The molecule has 0 atom stereocenters. The molecule has 0 unspecified atom stereocenters. The first-order valence-corrected chi connectivity index (χ1v) is 11.8. The lowest BCUT2D eigenvalue weighted by atomic mass is 10.2. The Kier molecular flexibility index (Phi) is 7.76. The number of rotatable bonds is 6. The van der Waals surface area contributed by atoms with Crippen LogP contribution in [0, 0.1) is 6.92 Å². The Balaban J connectivity index is 1.60. The average molecular weight is 471 g/mol. The Bertz CT molecular complexity index is 976. The molecule has 1 aliphatic rings. The second-order valence-electron chi connectivity index (χ2n) is 7.21. The minimum absolute atomic E-state index is 0.0873. The maximum atomic E-state index is 13.2. The summed E-state index contributed by atoms with van der Waals surface area (Å²) in [5.74, 6) is -0.327. The number of hydrogen-bond donors (Lipinski definition) is 0. The van der Waals surface area contributed by atoms with Crippen LogP contribution in [0.15, 0.2) is 47.4 Å². The van der Waals surface area contributed by atoms with E-state index in [9.17, 15) is 13.2 Å². The summed E-state index contributed by atoms with van der Waals surface area (Å²) in [6.45, 7) is 3.70. The van der Waals surface area contributed by atoms with Gasteiger partial charge in [0.05, 0.1) is 11.6 Å². The summed E-state index contributed by atoms with van der Waals surface area (Å²) in [6.07, 6.45) is 0.607. The molecule has 0 spiro atoms. The molecule has 3 rings (SSSR count). The third-order valence-corrected chi connectivity index (χ3v) is 7.67. The van der Waals surface area contributed by atoms with Crippen LogP contribution in [0.3, 0.4) is 0 Å². The van der Waals surface area contributed by atoms with Gasteiger partial charge >= 0.3 is 5.97 Å². The highest BCUT2D eigenvalue weighted by molar-refractivity contribution is 7.89. The van der Waals surface area contributed by atoms with Gasteiger partial charge < -0.3 is 4.74 Å². The highest BCUT2D eigenvalue weighted by Gasteiger charge is 2.30. The van der Waals surface area contributed by atoms with Gasteiger partial charge in [0.2, 0.25) is 10.0 Å². The van der Waals surface area contributed by atoms with Crippen LogP contribution in [0.4, 0.5) is 0 Å². The van der Waals surface area contributed by atoms with Crippen LogP contribution in [0.25, 0.3) is 0 Å². The number of halogens is 2. The topological polar surface area (TPSA) is 66.9 Å². The number of ether oxygens (including phenoxy) is 1. The zero-order valence-corrected chi connectivity index (χ0v) is 19.0. The number of benzene rings is 2. The van der Waals surface area contributed by atoms with Crippen molar-refractivity contribution in [1.29, 1.82) is 0 Å². The number of sulfonamides is 1. The summed E-state index contributed by atoms with van der Waals surface area (Å²) in [4.78, 5) is 14.2. The Hall–Kier alpha value is -1.64. The van der Waals surface area contributed by atoms with Gasteiger partial charge in [-0.15, -0.1) is 0 Å². The molecule has 2 aromatic carbocycles. The van der Waals surface area contributed by atoms with Crippen molar-refractivity contribution in [2.75, 3.05) is 32.7 Å². The molecule has 0 bridgehead atoms. The third kappa shape index (κ3) is 5.74. The number of esters is 1. The van der Waals surface area contributed by atoms with Gasteiger partial charge in [0, 0.05) is 31.2 Å². The zero-order valence-electron chi connectivity index (χ0n) is 16.7. The molecule has 30 heavy (non-hydrogen) atoms. The second kappa shape index (κ2) is 10.1. The van der Waals surface area contributed by atoms with E-state index in [1.807, 2.05) is 35.2 Å². The van der Waals surface area contributed by atoms with E-state index in [1.165, 1.54) is 10.4 Å². The van der Waals surface area contributed by atoms with Gasteiger partial charge in [0.1, 0.15) is 11.5 Å². The number of nitrogens with zero attached hydrogens (tertiary/aromatic N) is 2. The summed E-state index contributed by atoms with van der Waals surface area (Å²) in [5.41, 5.74) is 1.44. The van der Waals surface area contributed by atoms with Crippen LogP contribution in [-0.2, 0) is 26.2 Å². The van der Waals surface area contributed by atoms with Crippen molar-refractivity contribution in [3.05, 3.63) is 63.6 Å². The molecule has 0 amide bonds. The van der Waals surface area contributed by atoms with Crippen LogP contribution >= 0.6 is 23.2 Å². The lowest BCUT2D eigenvalue weighted by Crippen LogP contribution is -2.37. The molecule has 0 aromatic heterocycles. The van der Waals surface area contributed by atoms with Gasteiger partial charge in [-0.2, -0.15) is 4.31 Å². The van der Waals surface area contributed by atoms with Gasteiger partial charge in [-0.1, -0.05) is 53.5 Å². The van der Waals surface area contributed by atoms with E-state index in [4.69, 9.17) is 27.9 Å². The fourth-order valence-corrected chi connectivity index (χ4v) is 6.07. The van der Waals surface area contributed by atoms with Crippen molar-refractivity contribution in [3.63, 3.8) is 0 Å². The highest BCUT2D eigenvalue weighted by atomic mass is 35.5. The Morgan fingerprint density at radius 1 is 1.07 bits per heavy atom. The van der Waals surface area contributed by atoms with Gasteiger partial charge in [-0.05, 0) is 36.6 Å². The predicted octanol–water partition coefficient (Wildman–Crippen LogP) is 3.74. The number of aryl methyl sites for hydroxylation is 1. The van der Waals surface area contributed by atoms with E-state index >= 15 is 0 Å². The quantitative estimate of drug-likeness (QED) is 0.601. The first-order valence-electron chi connectivity index (χ1n) is 9.65. The second-order valence-corrected chi connectivity index (χ2v) is 9.93. The van der Waals surface area contributed by atoms with Crippen molar-refractivity contribution < 1.29 is 17.9 Å². The molecule has 162 valence electrons.